The normalized spacial score (nSPS) is 24.6. The van der Waals surface area contributed by atoms with Crippen LogP contribution in [0.4, 0.5) is 0 Å². The summed E-state index contributed by atoms with van der Waals surface area (Å²) in [5, 5.41) is 12.6. The van der Waals surface area contributed by atoms with Gasteiger partial charge in [-0.2, -0.15) is 0 Å². The molecule has 1 aliphatic carbocycles. The highest BCUT2D eigenvalue weighted by Gasteiger charge is 2.45. The number of hydrogen-bond acceptors (Lipinski definition) is 2. The molecule has 1 saturated carbocycles. The van der Waals surface area contributed by atoms with Crippen molar-refractivity contribution in [1.82, 2.24) is 0 Å². The summed E-state index contributed by atoms with van der Waals surface area (Å²) >= 11 is 7.99. The van der Waals surface area contributed by atoms with Gasteiger partial charge in [0.25, 0.3) is 0 Å². The molecule has 1 aliphatic heterocycles. The van der Waals surface area contributed by atoms with Crippen LogP contribution in [0.1, 0.15) is 43.2 Å². The molecule has 22 heavy (non-hydrogen) atoms. The molecule has 1 unspecified atom stereocenters. The van der Waals surface area contributed by atoms with Crippen LogP contribution in [0.5, 0.6) is 0 Å². The smallest absolute Gasteiger partial charge is 0.120 e. The van der Waals surface area contributed by atoms with Gasteiger partial charge < -0.3 is 5.11 Å². The number of hydrogen-bond donors (Lipinski definition) is 1. The van der Waals surface area contributed by atoms with Gasteiger partial charge in [0.15, 0.2) is 0 Å². The van der Waals surface area contributed by atoms with E-state index in [4.69, 9.17) is 11.6 Å². The molecule has 2 aliphatic rings. The molecule has 2 aromatic carbocycles. The molecule has 1 fully saturated rings. The predicted octanol–water partition coefficient (Wildman–Crippen LogP) is 5.62. The Morgan fingerprint density at radius 2 is 1.68 bits per heavy atom. The Morgan fingerprint density at radius 1 is 0.955 bits per heavy atom. The van der Waals surface area contributed by atoms with Gasteiger partial charge in [-0.1, -0.05) is 60.8 Å². The molecular formula is C19H19ClOS. The highest BCUT2D eigenvalue weighted by atomic mass is 35.5. The predicted molar refractivity (Wildman–Crippen MR) is 91.6 cm³/mol. The lowest BCUT2D eigenvalue weighted by atomic mass is 9.70. The van der Waals surface area contributed by atoms with Gasteiger partial charge in [-0.3, -0.25) is 0 Å². The highest BCUT2D eigenvalue weighted by molar-refractivity contribution is 7.99. The van der Waals surface area contributed by atoms with E-state index in [1.807, 2.05) is 30.3 Å². The average Bonchev–Trinajstić information content (AvgIpc) is 2.57. The van der Waals surface area contributed by atoms with Crippen molar-refractivity contribution in [3.63, 3.8) is 0 Å². The summed E-state index contributed by atoms with van der Waals surface area (Å²) in [4.78, 5) is 2.31. The Kier molecular flexibility index (Phi) is 3.72. The van der Waals surface area contributed by atoms with Crippen LogP contribution in [0, 0.1) is 5.92 Å². The van der Waals surface area contributed by atoms with E-state index >= 15 is 0 Å². The Bertz CT molecular complexity index is 708. The molecule has 4 rings (SSSR count). The second-order valence-electron chi connectivity index (χ2n) is 6.34. The highest BCUT2D eigenvalue weighted by Crippen LogP contribution is 2.54. The number of fused-ring (bicyclic) bond motifs is 2. The van der Waals surface area contributed by atoms with E-state index in [9.17, 15) is 5.11 Å². The van der Waals surface area contributed by atoms with Gasteiger partial charge in [-0.05, 0) is 43.0 Å². The lowest BCUT2D eigenvalue weighted by Crippen LogP contribution is -2.40. The molecule has 0 amide bonds. The third-order valence-corrected chi connectivity index (χ3v) is 6.45. The zero-order valence-corrected chi connectivity index (χ0v) is 14.0. The van der Waals surface area contributed by atoms with Crippen molar-refractivity contribution >= 4 is 23.4 Å². The van der Waals surface area contributed by atoms with E-state index in [-0.39, 0.29) is 5.92 Å². The summed E-state index contributed by atoms with van der Waals surface area (Å²) in [6.07, 6.45) is 5.87. The van der Waals surface area contributed by atoms with Gasteiger partial charge in [0.05, 0.1) is 0 Å². The standard InChI is InChI=1S/C19H19ClOS/c20-14-10-11-18-16(12-14)19(21,13-6-2-1-3-7-13)15-8-4-5-9-17(15)22-18/h4-5,8-13,21H,1-3,6-7H2. The second-order valence-corrected chi connectivity index (χ2v) is 7.86. The minimum atomic E-state index is -0.900. The van der Waals surface area contributed by atoms with Crippen LogP contribution < -0.4 is 0 Å². The minimum absolute atomic E-state index is 0.278. The van der Waals surface area contributed by atoms with Crippen molar-refractivity contribution in [2.24, 2.45) is 5.92 Å². The molecular weight excluding hydrogens is 312 g/mol. The first-order valence-corrected chi connectivity index (χ1v) is 9.19. The molecule has 2 aromatic rings. The molecule has 0 bridgehead atoms. The Balaban J connectivity index is 1.93. The van der Waals surface area contributed by atoms with Crippen LogP contribution >= 0.6 is 23.4 Å². The van der Waals surface area contributed by atoms with Gasteiger partial charge in [0.2, 0.25) is 0 Å². The van der Waals surface area contributed by atoms with Crippen LogP contribution in [0.25, 0.3) is 0 Å². The molecule has 1 atom stereocenters. The molecule has 3 heteroatoms. The van der Waals surface area contributed by atoms with Gasteiger partial charge in [0, 0.05) is 25.9 Å². The number of benzene rings is 2. The molecule has 1 nitrogen and oxygen atoms in total. The maximum absolute atomic E-state index is 11.9. The zero-order valence-electron chi connectivity index (χ0n) is 12.4. The number of aliphatic hydroxyl groups is 1. The van der Waals surface area contributed by atoms with Crippen LogP contribution in [0.2, 0.25) is 5.02 Å². The van der Waals surface area contributed by atoms with E-state index in [1.54, 1.807) is 11.8 Å². The minimum Gasteiger partial charge on any atom is -0.380 e. The molecule has 0 spiro atoms. The van der Waals surface area contributed by atoms with Gasteiger partial charge >= 0.3 is 0 Å². The lowest BCUT2D eigenvalue weighted by molar-refractivity contribution is -0.00614. The van der Waals surface area contributed by atoms with Crippen molar-refractivity contribution in [2.45, 2.75) is 47.5 Å². The Labute approximate surface area is 140 Å². The molecule has 1 heterocycles. The van der Waals surface area contributed by atoms with E-state index in [0.717, 1.165) is 28.9 Å². The van der Waals surface area contributed by atoms with Crippen LogP contribution in [0.3, 0.4) is 0 Å². The third kappa shape index (κ3) is 2.20. The molecule has 0 radical (unpaired) electrons. The number of rotatable bonds is 1. The van der Waals surface area contributed by atoms with E-state index in [0.29, 0.717) is 5.02 Å². The molecule has 0 saturated heterocycles. The first-order valence-electron chi connectivity index (χ1n) is 7.99. The lowest BCUT2D eigenvalue weighted by Gasteiger charge is -2.43. The van der Waals surface area contributed by atoms with Crippen LogP contribution in [-0.4, -0.2) is 5.11 Å². The van der Waals surface area contributed by atoms with Crippen molar-refractivity contribution < 1.29 is 5.11 Å². The quantitative estimate of drug-likeness (QED) is 0.732. The fourth-order valence-corrected chi connectivity index (χ4v) is 5.33. The first kappa shape index (κ1) is 14.6. The fraction of sp³-hybridized carbons (Fsp3) is 0.368. The Hall–Kier alpha value is -0.960. The van der Waals surface area contributed by atoms with Crippen molar-refractivity contribution in [1.29, 1.82) is 0 Å². The topological polar surface area (TPSA) is 20.2 Å². The van der Waals surface area contributed by atoms with E-state index in [1.165, 1.54) is 24.2 Å². The summed E-state index contributed by atoms with van der Waals surface area (Å²) in [5.74, 6) is 0.278. The summed E-state index contributed by atoms with van der Waals surface area (Å²) in [6.45, 7) is 0. The summed E-state index contributed by atoms with van der Waals surface area (Å²) in [6, 6.07) is 14.2. The largest absolute Gasteiger partial charge is 0.380 e. The van der Waals surface area contributed by atoms with Crippen molar-refractivity contribution in [2.75, 3.05) is 0 Å². The third-order valence-electron chi connectivity index (χ3n) is 5.07. The Morgan fingerprint density at radius 3 is 2.50 bits per heavy atom. The number of halogens is 1. The summed E-state index contributed by atoms with van der Waals surface area (Å²) in [7, 11) is 0. The average molecular weight is 331 g/mol. The molecule has 114 valence electrons. The molecule has 1 N–H and O–H groups in total. The van der Waals surface area contributed by atoms with Gasteiger partial charge in [-0.25, -0.2) is 0 Å². The SMILES string of the molecule is OC1(C2CCCCC2)c2ccccc2Sc2ccc(Cl)cc21. The van der Waals surface area contributed by atoms with Gasteiger partial charge in [-0.15, -0.1) is 0 Å². The first-order chi connectivity index (χ1) is 10.7. The second kappa shape index (κ2) is 5.59. The maximum atomic E-state index is 11.9. The van der Waals surface area contributed by atoms with Crippen LogP contribution in [-0.2, 0) is 5.60 Å². The zero-order chi connectivity index (χ0) is 15.2. The summed E-state index contributed by atoms with van der Waals surface area (Å²) in [5.41, 5.74) is 1.15. The fourth-order valence-electron chi connectivity index (χ4n) is 3.98. The van der Waals surface area contributed by atoms with Gasteiger partial charge in [0.1, 0.15) is 5.60 Å². The van der Waals surface area contributed by atoms with Crippen molar-refractivity contribution in [3.8, 4) is 0 Å². The van der Waals surface area contributed by atoms with E-state index in [2.05, 4.69) is 12.1 Å². The van der Waals surface area contributed by atoms with E-state index < -0.39 is 5.60 Å². The van der Waals surface area contributed by atoms with Crippen molar-refractivity contribution in [3.05, 3.63) is 58.6 Å². The maximum Gasteiger partial charge on any atom is 0.120 e. The molecule has 0 aromatic heterocycles. The van der Waals surface area contributed by atoms with Crippen LogP contribution in [0.15, 0.2) is 52.3 Å². The monoisotopic (exact) mass is 330 g/mol. The summed E-state index contributed by atoms with van der Waals surface area (Å²) < 4.78 is 0.